The van der Waals surface area contributed by atoms with Gasteiger partial charge in [0.05, 0.1) is 5.60 Å². The minimum absolute atomic E-state index is 0.229. The fourth-order valence-electron chi connectivity index (χ4n) is 2.09. The molecule has 6 nitrogen and oxygen atoms in total. The molecule has 108 valence electrons. The Balaban J connectivity index is 2.48. The molecule has 0 fully saturated rings. The van der Waals surface area contributed by atoms with Crippen LogP contribution in [0.3, 0.4) is 0 Å². The first-order valence-corrected chi connectivity index (χ1v) is 6.08. The quantitative estimate of drug-likeness (QED) is 0.490. The van der Waals surface area contributed by atoms with Gasteiger partial charge in [-0.2, -0.15) is 0 Å². The third-order valence-corrected chi connectivity index (χ3v) is 3.20. The molecule has 1 aliphatic heterocycles. The Bertz CT molecular complexity index is 582. The Hall–Kier alpha value is -2.21. The van der Waals surface area contributed by atoms with E-state index in [0.717, 1.165) is 6.08 Å². The van der Waals surface area contributed by atoms with Crippen LogP contribution in [-0.2, 0) is 11.2 Å². The van der Waals surface area contributed by atoms with Crippen molar-refractivity contribution in [1.29, 1.82) is 0 Å². The van der Waals surface area contributed by atoms with Crippen molar-refractivity contribution in [2.45, 2.75) is 32.0 Å². The van der Waals surface area contributed by atoms with E-state index in [1.165, 1.54) is 12.1 Å². The SMILES string of the molecule is CC(C)(O)C1Cc2c(O)c(O)cc(/C=C\C(=O)O)c2O1. The third kappa shape index (κ3) is 2.55. The van der Waals surface area contributed by atoms with Gasteiger partial charge in [-0.15, -0.1) is 0 Å². The average Bonchev–Trinajstić information content (AvgIpc) is 2.77. The topological polar surface area (TPSA) is 107 Å². The van der Waals surface area contributed by atoms with Gasteiger partial charge in [-0.3, -0.25) is 0 Å². The van der Waals surface area contributed by atoms with Crippen LogP contribution in [0.2, 0.25) is 0 Å². The summed E-state index contributed by atoms with van der Waals surface area (Å²) < 4.78 is 5.61. The van der Waals surface area contributed by atoms with Gasteiger partial charge < -0.3 is 25.2 Å². The molecular weight excluding hydrogens is 264 g/mol. The van der Waals surface area contributed by atoms with E-state index in [-0.39, 0.29) is 23.7 Å². The molecule has 2 rings (SSSR count). The number of carboxylic acids is 1. The number of ether oxygens (including phenoxy) is 1. The molecular formula is C14H16O6. The lowest BCUT2D eigenvalue weighted by atomic mass is 9.96. The monoisotopic (exact) mass is 280 g/mol. The minimum atomic E-state index is -1.14. The molecule has 0 aromatic heterocycles. The number of carbonyl (C=O) groups is 1. The predicted molar refractivity (Wildman–Crippen MR) is 70.9 cm³/mol. The van der Waals surface area contributed by atoms with Crippen molar-refractivity contribution in [1.82, 2.24) is 0 Å². The van der Waals surface area contributed by atoms with Gasteiger partial charge in [0.1, 0.15) is 11.9 Å². The highest BCUT2D eigenvalue weighted by Gasteiger charge is 2.38. The molecule has 0 saturated carbocycles. The number of aliphatic hydroxyl groups is 1. The number of phenols is 2. The summed E-state index contributed by atoms with van der Waals surface area (Å²) in [5.74, 6) is -1.51. The van der Waals surface area contributed by atoms with Crippen molar-refractivity contribution < 1.29 is 30.0 Å². The Morgan fingerprint density at radius 3 is 2.65 bits per heavy atom. The van der Waals surface area contributed by atoms with Crippen LogP contribution < -0.4 is 4.74 Å². The Labute approximate surface area is 115 Å². The van der Waals surface area contributed by atoms with Crippen LogP contribution in [0.15, 0.2) is 12.1 Å². The number of benzene rings is 1. The van der Waals surface area contributed by atoms with Crippen LogP contribution in [0.5, 0.6) is 17.2 Å². The van der Waals surface area contributed by atoms with Gasteiger partial charge in [-0.1, -0.05) is 0 Å². The standard InChI is InChI=1S/C14H16O6/c1-14(2,19)10-6-8-12(18)9(15)5-7(13(8)20-10)3-4-11(16)17/h3-5,10,15,18-19H,6H2,1-2H3,(H,16,17)/b4-3-. The Morgan fingerprint density at radius 2 is 2.10 bits per heavy atom. The molecule has 6 heteroatoms. The molecule has 1 unspecified atom stereocenters. The first kappa shape index (κ1) is 14.2. The van der Waals surface area contributed by atoms with Gasteiger partial charge in [-0.25, -0.2) is 4.79 Å². The molecule has 0 amide bonds. The molecule has 1 heterocycles. The molecule has 20 heavy (non-hydrogen) atoms. The summed E-state index contributed by atoms with van der Waals surface area (Å²) in [6, 6.07) is 1.22. The molecule has 1 aromatic rings. The summed E-state index contributed by atoms with van der Waals surface area (Å²) in [5, 5.41) is 38.1. The normalized spacial score (nSPS) is 18.1. The summed E-state index contributed by atoms with van der Waals surface area (Å²) in [6.45, 7) is 3.15. The predicted octanol–water partition coefficient (Wildman–Crippen LogP) is 1.27. The maximum Gasteiger partial charge on any atom is 0.328 e. The summed E-state index contributed by atoms with van der Waals surface area (Å²) in [7, 11) is 0. The van der Waals surface area contributed by atoms with E-state index < -0.39 is 17.7 Å². The molecule has 0 bridgehead atoms. The summed E-state index contributed by atoms with van der Waals surface area (Å²) in [5.41, 5.74) is -0.430. The maximum absolute atomic E-state index is 10.6. The summed E-state index contributed by atoms with van der Waals surface area (Å²) >= 11 is 0. The van der Waals surface area contributed by atoms with Gasteiger partial charge >= 0.3 is 5.97 Å². The zero-order chi connectivity index (χ0) is 15.1. The van der Waals surface area contributed by atoms with Crippen LogP contribution in [0.1, 0.15) is 25.0 Å². The zero-order valence-electron chi connectivity index (χ0n) is 11.1. The first-order valence-electron chi connectivity index (χ1n) is 6.08. The molecule has 4 N–H and O–H groups in total. The highest BCUT2D eigenvalue weighted by Crippen LogP contribution is 2.45. The van der Waals surface area contributed by atoms with E-state index in [2.05, 4.69) is 0 Å². The number of rotatable bonds is 3. The number of hydrogen-bond donors (Lipinski definition) is 4. The van der Waals surface area contributed by atoms with Crippen molar-refractivity contribution in [3.8, 4) is 17.2 Å². The molecule has 1 atom stereocenters. The second-order valence-electron chi connectivity index (χ2n) is 5.28. The number of aliphatic carboxylic acids is 1. The van der Waals surface area contributed by atoms with Crippen molar-refractivity contribution in [2.75, 3.05) is 0 Å². The van der Waals surface area contributed by atoms with Crippen molar-refractivity contribution in [3.05, 3.63) is 23.3 Å². The van der Waals surface area contributed by atoms with Crippen LogP contribution >= 0.6 is 0 Å². The van der Waals surface area contributed by atoms with E-state index in [9.17, 15) is 20.1 Å². The smallest absolute Gasteiger partial charge is 0.328 e. The highest BCUT2D eigenvalue weighted by molar-refractivity contribution is 5.86. The fourth-order valence-corrected chi connectivity index (χ4v) is 2.09. The van der Waals surface area contributed by atoms with Gasteiger partial charge in [0.25, 0.3) is 0 Å². The van der Waals surface area contributed by atoms with E-state index in [0.29, 0.717) is 11.1 Å². The number of phenolic OH excluding ortho intramolecular Hbond substituents is 2. The van der Waals surface area contributed by atoms with Crippen LogP contribution in [0, 0.1) is 0 Å². The second-order valence-corrected chi connectivity index (χ2v) is 5.28. The third-order valence-electron chi connectivity index (χ3n) is 3.20. The lowest BCUT2D eigenvalue weighted by molar-refractivity contribution is -0.131. The van der Waals surface area contributed by atoms with Crippen molar-refractivity contribution >= 4 is 12.0 Å². The van der Waals surface area contributed by atoms with Gasteiger partial charge in [0.15, 0.2) is 11.5 Å². The number of fused-ring (bicyclic) bond motifs is 1. The van der Waals surface area contributed by atoms with E-state index in [1.54, 1.807) is 13.8 Å². The highest BCUT2D eigenvalue weighted by atomic mass is 16.5. The molecule has 0 saturated heterocycles. The molecule has 0 aliphatic carbocycles. The van der Waals surface area contributed by atoms with Crippen LogP contribution in [0.4, 0.5) is 0 Å². The molecule has 0 spiro atoms. The van der Waals surface area contributed by atoms with Gasteiger partial charge in [-0.05, 0) is 26.0 Å². The zero-order valence-corrected chi connectivity index (χ0v) is 11.1. The molecule has 1 aliphatic rings. The lowest BCUT2D eigenvalue weighted by Gasteiger charge is -2.24. The Kier molecular flexibility index (Phi) is 3.35. The number of carboxylic acid groups (broad SMARTS) is 1. The average molecular weight is 280 g/mol. The van der Waals surface area contributed by atoms with Crippen LogP contribution in [0.25, 0.3) is 6.08 Å². The first-order chi connectivity index (χ1) is 9.20. The van der Waals surface area contributed by atoms with Crippen LogP contribution in [-0.4, -0.2) is 38.1 Å². The lowest BCUT2D eigenvalue weighted by Crippen LogP contribution is -2.39. The van der Waals surface area contributed by atoms with Gasteiger partial charge in [0.2, 0.25) is 0 Å². The molecule has 1 aromatic carbocycles. The van der Waals surface area contributed by atoms with E-state index in [1.807, 2.05) is 0 Å². The van der Waals surface area contributed by atoms with Crippen molar-refractivity contribution in [2.24, 2.45) is 0 Å². The number of hydrogen-bond acceptors (Lipinski definition) is 5. The van der Waals surface area contributed by atoms with Crippen molar-refractivity contribution in [3.63, 3.8) is 0 Å². The Morgan fingerprint density at radius 1 is 1.45 bits per heavy atom. The van der Waals surface area contributed by atoms with E-state index in [4.69, 9.17) is 9.84 Å². The minimum Gasteiger partial charge on any atom is -0.504 e. The number of aromatic hydroxyl groups is 2. The fraction of sp³-hybridized carbons (Fsp3) is 0.357. The second kappa shape index (κ2) is 4.72. The molecule has 0 radical (unpaired) electrons. The summed E-state index contributed by atoms with van der Waals surface area (Å²) in [4.78, 5) is 10.6. The largest absolute Gasteiger partial charge is 0.504 e. The van der Waals surface area contributed by atoms with E-state index >= 15 is 0 Å². The van der Waals surface area contributed by atoms with Gasteiger partial charge in [0, 0.05) is 23.6 Å². The summed E-state index contributed by atoms with van der Waals surface area (Å²) in [6.07, 6.45) is 1.83. The maximum atomic E-state index is 10.6.